The zero-order valence-electron chi connectivity index (χ0n) is 14.7. The van der Waals surface area contributed by atoms with Crippen molar-refractivity contribution >= 4 is 6.03 Å². The predicted octanol–water partition coefficient (Wildman–Crippen LogP) is 3.30. The van der Waals surface area contributed by atoms with E-state index < -0.39 is 0 Å². The van der Waals surface area contributed by atoms with Crippen LogP contribution in [0.5, 0.6) is 0 Å². The summed E-state index contributed by atoms with van der Waals surface area (Å²) < 4.78 is 0. The summed E-state index contributed by atoms with van der Waals surface area (Å²) in [4.78, 5) is 14.5. The molecule has 0 radical (unpaired) electrons. The molecule has 2 aliphatic rings. The zero-order valence-corrected chi connectivity index (χ0v) is 14.7. The number of benzene rings is 1. The third-order valence-corrected chi connectivity index (χ3v) is 5.95. The summed E-state index contributed by atoms with van der Waals surface area (Å²) in [6, 6.07) is 10.7. The van der Waals surface area contributed by atoms with Crippen molar-refractivity contribution in [3.05, 3.63) is 35.9 Å². The molecule has 2 N–H and O–H groups in total. The van der Waals surface area contributed by atoms with Crippen LogP contribution < -0.4 is 5.32 Å². The van der Waals surface area contributed by atoms with Gasteiger partial charge in [0.05, 0.1) is 6.10 Å². The highest BCUT2D eigenvalue weighted by atomic mass is 16.3. The monoisotopic (exact) mass is 330 g/mol. The van der Waals surface area contributed by atoms with Crippen molar-refractivity contribution in [1.29, 1.82) is 0 Å². The topological polar surface area (TPSA) is 52.6 Å². The smallest absolute Gasteiger partial charge is 0.317 e. The molecule has 1 saturated heterocycles. The second kappa shape index (κ2) is 7.56. The highest BCUT2D eigenvalue weighted by Gasteiger charge is 2.36. The molecule has 1 heterocycles. The molecule has 1 aliphatic heterocycles. The molecular weight excluding hydrogens is 300 g/mol. The number of piperidine rings is 1. The number of hydrogen-bond donors (Lipinski definition) is 2. The van der Waals surface area contributed by atoms with E-state index in [0.29, 0.717) is 13.1 Å². The fourth-order valence-electron chi connectivity index (χ4n) is 4.36. The standard InChI is InChI=1S/C20H30N2O2/c1-16(23)17-8-7-13-22(14-17)19(24)21-15-20(11-5-6-12-20)18-9-3-2-4-10-18/h2-4,9-10,16-17,23H,5-8,11-15H2,1H3,(H,21,24). The van der Waals surface area contributed by atoms with Gasteiger partial charge in [0.1, 0.15) is 0 Å². The average Bonchev–Trinajstić information content (AvgIpc) is 3.11. The van der Waals surface area contributed by atoms with E-state index in [4.69, 9.17) is 0 Å². The van der Waals surface area contributed by atoms with Crippen LogP contribution in [0.15, 0.2) is 30.3 Å². The Morgan fingerprint density at radius 2 is 2.00 bits per heavy atom. The summed E-state index contributed by atoms with van der Waals surface area (Å²) in [5.74, 6) is 0.207. The van der Waals surface area contributed by atoms with Crippen molar-refractivity contribution < 1.29 is 9.90 Å². The lowest BCUT2D eigenvalue weighted by Gasteiger charge is -2.36. The van der Waals surface area contributed by atoms with Gasteiger partial charge in [-0.3, -0.25) is 0 Å². The number of aliphatic hydroxyl groups is 1. The van der Waals surface area contributed by atoms with Gasteiger partial charge in [0, 0.05) is 31.0 Å². The Labute approximate surface area is 145 Å². The van der Waals surface area contributed by atoms with E-state index in [1.807, 2.05) is 11.8 Å². The maximum atomic E-state index is 12.6. The summed E-state index contributed by atoms with van der Waals surface area (Å²) in [6.45, 7) is 4.01. The Morgan fingerprint density at radius 1 is 1.29 bits per heavy atom. The number of hydrogen-bond acceptors (Lipinski definition) is 2. The van der Waals surface area contributed by atoms with Crippen molar-refractivity contribution in [2.75, 3.05) is 19.6 Å². The van der Waals surface area contributed by atoms with Crippen molar-refractivity contribution in [2.45, 2.75) is 57.0 Å². The first-order chi connectivity index (χ1) is 11.6. The van der Waals surface area contributed by atoms with Gasteiger partial charge in [-0.05, 0) is 38.2 Å². The second-order valence-electron chi connectivity index (χ2n) is 7.60. The number of nitrogens with zero attached hydrogens (tertiary/aromatic N) is 1. The maximum absolute atomic E-state index is 12.6. The van der Waals surface area contributed by atoms with Crippen molar-refractivity contribution in [2.24, 2.45) is 5.92 Å². The fourth-order valence-corrected chi connectivity index (χ4v) is 4.36. The molecule has 1 aromatic rings. The molecule has 132 valence electrons. The van der Waals surface area contributed by atoms with Gasteiger partial charge < -0.3 is 15.3 Å². The molecule has 0 bridgehead atoms. The van der Waals surface area contributed by atoms with Gasteiger partial charge in [-0.1, -0.05) is 43.2 Å². The molecule has 24 heavy (non-hydrogen) atoms. The van der Waals surface area contributed by atoms with Crippen molar-refractivity contribution in [1.82, 2.24) is 10.2 Å². The minimum absolute atomic E-state index is 0.0301. The first-order valence-electron chi connectivity index (χ1n) is 9.37. The molecule has 2 amide bonds. The van der Waals surface area contributed by atoms with E-state index in [0.717, 1.165) is 32.2 Å². The summed E-state index contributed by atoms with van der Waals surface area (Å²) in [5.41, 5.74) is 1.44. The van der Waals surface area contributed by atoms with Gasteiger partial charge >= 0.3 is 6.03 Å². The molecule has 1 aliphatic carbocycles. The average molecular weight is 330 g/mol. The number of carbonyl (C=O) groups excluding carboxylic acids is 1. The second-order valence-corrected chi connectivity index (χ2v) is 7.60. The molecule has 1 aromatic carbocycles. The Hall–Kier alpha value is -1.55. The highest BCUT2D eigenvalue weighted by Crippen LogP contribution is 2.40. The van der Waals surface area contributed by atoms with Crippen LogP contribution in [0.3, 0.4) is 0 Å². The van der Waals surface area contributed by atoms with E-state index in [2.05, 4.69) is 35.6 Å². The number of urea groups is 1. The summed E-state index contributed by atoms with van der Waals surface area (Å²) in [5, 5.41) is 13.0. The normalized spacial score (nSPS) is 24.6. The van der Waals surface area contributed by atoms with Gasteiger partial charge in [0.25, 0.3) is 0 Å². The number of rotatable bonds is 4. The molecule has 1 saturated carbocycles. The van der Waals surface area contributed by atoms with Crippen LogP contribution in [-0.2, 0) is 5.41 Å². The highest BCUT2D eigenvalue weighted by molar-refractivity contribution is 5.74. The van der Waals surface area contributed by atoms with Crippen LogP contribution in [-0.4, -0.2) is 41.8 Å². The van der Waals surface area contributed by atoms with E-state index in [1.165, 1.54) is 18.4 Å². The molecule has 2 atom stereocenters. The van der Waals surface area contributed by atoms with Gasteiger partial charge in [-0.15, -0.1) is 0 Å². The first-order valence-corrected chi connectivity index (χ1v) is 9.37. The van der Waals surface area contributed by atoms with E-state index in [1.54, 1.807) is 0 Å². The lowest BCUT2D eigenvalue weighted by molar-refractivity contribution is 0.0736. The number of aliphatic hydroxyl groups excluding tert-OH is 1. The molecule has 0 aromatic heterocycles. The largest absolute Gasteiger partial charge is 0.393 e. The Morgan fingerprint density at radius 3 is 2.67 bits per heavy atom. The maximum Gasteiger partial charge on any atom is 0.317 e. The van der Waals surface area contributed by atoms with E-state index >= 15 is 0 Å². The number of carbonyl (C=O) groups is 1. The van der Waals surface area contributed by atoms with Crippen LogP contribution in [0, 0.1) is 5.92 Å². The summed E-state index contributed by atoms with van der Waals surface area (Å²) in [7, 11) is 0. The van der Waals surface area contributed by atoms with E-state index in [-0.39, 0.29) is 23.5 Å². The minimum atomic E-state index is -0.342. The Balaban J connectivity index is 1.62. The molecule has 2 unspecified atom stereocenters. The van der Waals surface area contributed by atoms with Crippen LogP contribution in [0.2, 0.25) is 0 Å². The van der Waals surface area contributed by atoms with Gasteiger partial charge in [0.2, 0.25) is 0 Å². The predicted molar refractivity (Wildman–Crippen MR) is 96.0 cm³/mol. The van der Waals surface area contributed by atoms with Crippen molar-refractivity contribution in [3.63, 3.8) is 0 Å². The third-order valence-electron chi connectivity index (χ3n) is 5.95. The quantitative estimate of drug-likeness (QED) is 0.890. The van der Waals surface area contributed by atoms with Gasteiger partial charge in [-0.2, -0.15) is 0 Å². The third kappa shape index (κ3) is 3.75. The Kier molecular flexibility index (Phi) is 5.44. The lowest BCUT2D eigenvalue weighted by atomic mass is 9.79. The van der Waals surface area contributed by atoms with Crippen molar-refractivity contribution in [3.8, 4) is 0 Å². The molecular formula is C20H30N2O2. The Bertz CT molecular complexity index is 538. The minimum Gasteiger partial charge on any atom is -0.393 e. The summed E-state index contributed by atoms with van der Waals surface area (Å²) >= 11 is 0. The van der Waals surface area contributed by atoms with Crippen LogP contribution in [0.1, 0.15) is 51.0 Å². The molecule has 4 nitrogen and oxygen atoms in total. The first kappa shape index (κ1) is 17.3. The number of amides is 2. The molecule has 4 heteroatoms. The van der Waals surface area contributed by atoms with Crippen LogP contribution in [0.25, 0.3) is 0 Å². The SMILES string of the molecule is CC(O)C1CCCN(C(=O)NCC2(c3ccccc3)CCCC2)C1. The zero-order chi connectivity index (χ0) is 17.0. The molecule has 0 spiro atoms. The van der Waals surface area contributed by atoms with Crippen LogP contribution in [0.4, 0.5) is 4.79 Å². The van der Waals surface area contributed by atoms with Gasteiger partial charge in [-0.25, -0.2) is 4.79 Å². The molecule has 2 fully saturated rings. The van der Waals surface area contributed by atoms with E-state index in [9.17, 15) is 9.90 Å². The van der Waals surface area contributed by atoms with Crippen LogP contribution >= 0.6 is 0 Å². The number of likely N-dealkylation sites (tertiary alicyclic amines) is 1. The van der Waals surface area contributed by atoms with Gasteiger partial charge in [0.15, 0.2) is 0 Å². The fraction of sp³-hybridized carbons (Fsp3) is 0.650. The number of nitrogens with one attached hydrogen (secondary N) is 1. The lowest BCUT2D eigenvalue weighted by Crippen LogP contribution is -2.50. The molecule has 3 rings (SSSR count). The summed E-state index contributed by atoms with van der Waals surface area (Å²) in [6.07, 6.45) is 6.41.